The van der Waals surface area contributed by atoms with E-state index in [1.54, 1.807) is 6.08 Å². The van der Waals surface area contributed by atoms with Crippen LogP contribution < -0.4 is 10.2 Å². The van der Waals surface area contributed by atoms with Gasteiger partial charge in [-0.05, 0) is 43.2 Å². The minimum Gasteiger partial charge on any atom is -0.372 e. The van der Waals surface area contributed by atoms with E-state index in [0.29, 0.717) is 6.54 Å². The molecule has 0 aliphatic rings. The first-order valence-corrected chi connectivity index (χ1v) is 8.46. The number of anilines is 1. The molecule has 2 aromatic rings. The lowest BCUT2D eigenvalue weighted by molar-refractivity contribution is -0.117. The van der Waals surface area contributed by atoms with E-state index in [4.69, 9.17) is 0 Å². The van der Waals surface area contributed by atoms with Crippen molar-refractivity contribution in [3.05, 3.63) is 71.3 Å². The van der Waals surface area contributed by atoms with Crippen molar-refractivity contribution in [3.8, 4) is 6.07 Å². The van der Waals surface area contributed by atoms with Crippen molar-refractivity contribution in [3.63, 3.8) is 0 Å². The molecule has 4 nitrogen and oxygen atoms in total. The number of carbonyl (C=O) groups is 1. The van der Waals surface area contributed by atoms with Gasteiger partial charge in [-0.1, -0.05) is 42.5 Å². The van der Waals surface area contributed by atoms with E-state index in [0.717, 1.165) is 29.9 Å². The highest BCUT2D eigenvalue weighted by molar-refractivity contribution is 6.01. The molecular weight excluding hydrogens is 310 g/mol. The first-order valence-electron chi connectivity index (χ1n) is 8.46. The minimum atomic E-state index is -0.362. The molecule has 0 spiro atoms. The predicted octanol–water partition coefficient (Wildman–Crippen LogP) is 3.76. The second-order valence-corrected chi connectivity index (χ2v) is 5.60. The van der Waals surface area contributed by atoms with Crippen LogP contribution in [0.2, 0.25) is 0 Å². The van der Waals surface area contributed by atoms with Crippen LogP contribution in [-0.2, 0) is 11.3 Å². The number of rotatable bonds is 7. The van der Waals surface area contributed by atoms with Gasteiger partial charge in [0.15, 0.2) is 0 Å². The summed E-state index contributed by atoms with van der Waals surface area (Å²) in [6, 6.07) is 19.5. The van der Waals surface area contributed by atoms with Crippen molar-refractivity contribution in [1.29, 1.82) is 5.26 Å². The molecule has 2 rings (SSSR count). The third kappa shape index (κ3) is 5.22. The van der Waals surface area contributed by atoms with Gasteiger partial charge in [0.1, 0.15) is 11.6 Å². The highest BCUT2D eigenvalue weighted by Gasteiger charge is 2.09. The maximum absolute atomic E-state index is 12.2. The fourth-order valence-electron chi connectivity index (χ4n) is 2.56. The first kappa shape index (κ1) is 18.3. The number of carbonyl (C=O) groups excluding carboxylic acids is 1. The van der Waals surface area contributed by atoms with Crippen molar-refractivity contribution in [2.75, 3.05) is 18.0 Å². The lowest BCUT2D eigenvalue weighted by Gasteiger charge is -2.20. The summed E-state index contributed by atoms with van der Waals surface area (Å²) in [5.74, 6) is -0.362. The van der Waals surface area contributed by atoms with Crippen molar-refractivity contribution in [1.82, 2.24) is 5.32 Å². The molecule has 0 aliphatic carbocycles. The van der Waals surface area contributed by atoms with Gasteiger partial charge in [0.05, 0.1) is 0 Å². The molecule has 0 radical (unpaired) electrons. The third-order valence-corrected chi connectivity index (χ3v) is 3.99. The Morgan fingerprint density at radius 3 is 2.28 bits per heavy atom. The van der Waals surface area contributed by atoms with E-state index in [2.05, 4.69) is 24.1 Å². The molecule has 128 valence electrons. The summed E-state index contributed by atoms with van der Waals surface area (Å²) in [7, 11) is 0. The van der Waals surface area contributed by atoms with Crippen LogP contribution in [0.1, 0.15) is 25.0 Å². The average Bonchev–Trinajstić information content (AvgIpc) is 2.67. The summed E-state index contributed by atoms with van der Waals surface area (Å²) in [4.78, 5) is 14.5. The number of nitrogens with one attached hydrogen (secondary N) is 1. The van der Waals surface area contributed by atoms with Gasteiger partial charge in [0, 0.05) is 25.3 Å². The monoisotopic (exact) mass is 333 g/mol. The number of nitrogens with zero attached hydrogens (tertiary/aromatic N) is 2. The zero-order valence-electron chi connectivity index (χ0n) is 14.7. The third-order valence-electron chi connectivity index (χ3n) is 3.99. The summed E-state index contributed by atoms with van der Waals surface area (Å²) in [5, 5.41) is 12.1. The second-order valence-electron chi connectivity index (χ2n) is 5.60. The van der Waals surface area contributed by atoms with E-state index in [1.807, 2.05) is 60.7 Å². The van der Waals surface area contributed by atoms with Crippen molar-refractivity contribution < 1.29 is 4.79 Å². The number of hydrogen-bond donors (Lipinski definition) is 1. The Bertz CT molecular complexity index is 754. The standard InChI is InChI=1S/C21H23N3O/c1-3-24(4-2)20-12-10-17(11-13-20)14-19(15-22)21(25)23-16-18-8-6-5-7-9-18/h5-14H,3-4,16H2,1-2H3,(H,23,25)/b19-14-. The maximum Gasteiger partial charge on any atom is 0.262 e. The predicted molar refractivity (Wildman–Crippen MR) is 102 cm³/mol. The molecule has 0 bridgehead atoms. The molecule has 0 heterocycles. The number of amides is 1. The SMILES string of the molecule is CCN(CC)c1ccc(/C=C(/C#N)C(=O)NCc2ccccc2)cc1. The Morgan fingerprint density at radius 1 is 1.08 bits per heavy atom. The Balaban J connectivity index is 2.06. The summed E-state index contributed by atoms with van der Waals surface area (Å²) >= 11 is 0. The molecular formula is C21H23N3O. The van der Waals surface area contributed by atoms with Gasteiger partial charge in [-0.15, -0.1) is 0 Å². The molecule has 4 heteroatoms. The molecule has 0 saturated heterocycles. The molecule has 1 N–H and O–H groups in total. The van der Waals surface area contributed by atoms with E-state index < -0.39 is 0 Å². The Kier molecular flexibility index (Phi) is 6.79. The lowest BCUT2D eigenvalue weighted by atomic mass is 10.1. The van der Waals surface area contributed by atoms with E-state index in [-0.39, 0.29) is 11.5 Å². The zero-order valence-corrected chi connectivity index (χ0v) is 14.7. The fourth-order valence-corrected chi connectivity index (χ4v) is 2.56. The smallest absolute Gasteiger partial charge is 0.262 e. The van der Waals surface area contributed by atoms with Crippen LogP contribution in [0.4, 0.5) is 5.69 Å². The topological polar surface area (TPSA) is 56.1 Å². The summed E-state index contributed by atoms with van der Waals surface area (Å²) in [5.41, 5.74) is 3.07. The van der Waals surface area contributed by atoms with Gasteiger partial charge in [-0.3, -0.25) is 4.79 Å². The van der Waals surface area contributed by atoms with Crippen molar-refractivity contribution >= 4 is 17.7 Å². The minimum absolute atomic E-state index is 0.103. The molecule has 0 fully saturated rings. The van der Waals surface area contributed by atoms with E-state index >= 15 is 0 Å². The highest BCUT2D eigenvalue weighted by atomic mass is 16.1. The van der Waals surface area contributed by atoms with E-state index in [9.17, 15) is 10.1 Å². The van der Waals surface area contributed by atoms with Gasteiger partial charge >= 0.3 is 0 Å². The molecule has 0 atom stereocenters. The number of hydrogen-bond acceptors (Lipinski definition) is 3. The molecule has 25 heavy (non-hydrogen) atoms. The van der Waals surface area contributed by atoms with Crippen LogP contribution in [0.3, 0.4) is 0 Å². The summed E-state index contributed by atoms with van der Waals surface area (Å²) in [6.45, 7) is 6.51. The van der Waals surface area contributed by atoms with E-state index in [1.165, 1.54) is 0 Å². The van der Waals surface area contributed by atoms with Crippen LogP contribution in [0.25, 0.3) is 6.08 Å². The largest absolute Gasteiger partial charge is 0.372 e. The Labute approximate surface area is 149 Å². The van der Waals surface area contributed by atoms with Crippen molar-refractivity contribution in [2.24, 2.45) is 0 Å². The Hall–Kier alpha value is -3.06. The second kappa shape index (κ2) is 9.29. The summed E-state index contributed by atoms with van der Waals surface area (Å²) in [6.07, 6.45) is 1.62. The quantitative estimate of drug-likeness (QED) is 0.620. The number of benzene rings is 2. The van der Waals surface area contributed by atoms with Gasteiger partial charge in [-0.25, -0.2) is 0 Å². The average molecular weight is 333 g/mol. The van der Waals surface area contributed by atoms with Gasteiger partial charge in [-0.2, -0.15) is 5.26 Å². The van der Waals surface area contributed by atoms with Crippen LogP contribution in [0.5, 0.6) is 0 Å². The maximum atomic E-state index is 12.2. The van der Waals surface area contributed by atoms with Crippen LogP contribution in [0.15, 0.2) is 60.2 Å². The molecule has 0 aliphatic heterocycles. The highest BCUT2D eigenvalue weighted by Crippen LogP contribution is 2.16. The molecule has 0 unspecified atom stereocenters. The molecule has 0 aromatic heterocycles. The lowest BCUT2D eigenvalue weighted by Crippen LogP contribution is -2.23. The van der Waals surface area contributed by atoms with Gasteiger partial charge < -0.3 is 10.2 Å². The zero-order chi connectivity index (χ0) is 18.1. The summed E-state index contributed by atoms with van der Waals surface area (Å²) < 4.78 is 0. The first-order chi connectivity index (χ1) is 12.2. The van der Waals surface area contributed by atoms with Gasteiger partial charge in [0.2, 0.25) is 0 Å². The normalized spacial score (nSPS) is 10.8. The van der Waals surface area contributed by atoms with Crippen LogP contribution >= 0.6 is 0 Å². The van der Waals surface area contributed by atoms with Gasteiger partial charge in [0.25, 0.3) is 5.91 Å². The fraction of sp³-hybridized carbons (Fsp3) is 0.238. The molecule has 1 amide bonds. The molecule has 2 aromatic carbocycles. The van der Waals surface area contributed by atoms with Crippen LogP contribution in [-0.4, -0.2) is 19.0 Å². The molecule has 0 saturated carbocycles. The number of nitriles is 1. The van der Waals surface area contributed by atoms with Crippen molar-refractivity contribution in [2.45, 2.75) is 20.4 Å². The van der Waals surface area contributed by atoms with Crippen LogP contribution in [0, 0.1) is 11.3 Å². The Morgan fingerprint density at radius 2 is 1.72 bits per heavy atom.